The van der Waals surface area contributed by atoms with E-state index in [2.05, 4.69) is 0 Å². The molecule has 1 heterocycles. The first-order valence-electron chi connectivity index (χ1n) is 4.16. The minimum atomic E-state index is -0.262. The Morgan fingerprint density at radius 1 is 1.42 bits per heavy atom. The maximum absolute atomic E-state index is 11.1. The van der Waals surface area contributed by atoms with E-state index in [0.717, 1.165) is 12.8 Å². The van der Waals surface area contributed by atoms with E-state index in [1.54, 1.807) is 14.1 Å². The minimum absolute atomic E-state index is 0.0497. The highest BCUT2D eigenvalue weighted by molar-refractivity contribution is 5.66. The van der Waals surface area contributed by atoms with Crippen LogP contribution in [-0.4, -0.2) is 44.4 Å². The van der Waals surface area contributed by atoms with E-state index in [9.17, 15) is 4.79 Å². The first kappa shape index (κ1) is 9.32. The normalized spacial score (nSPS) is 18.8. The molecule has 1 rings (SSSR count). The summed E-state index contributed by atoms with van der Waals surface area (Å²) in [6.45, 7) is 1.40. The molecule has 0 spiro atoms. The molecule has 0 aromatic heterocycles. The van der Waals surface area contributed by atoms with Crippen molar-refractivity contribution < 1.29 is 14.3 Å². The Kier molecular flexibility index (Phi) is 3.34. The summed E-state index contributed by atoms with van der Waals surface area (Å²) in [5.74, 6) is 0. The molecule has 0 bridgehead atoms. The molecule has 0 aromatic rings. The van der Waals surface area contributed by atoms with Gasteiger partial charge in [-0.05, 0) is 0 Å². The number of rotatable bonds is 1. The van der Waals surface area contributed by atoms with Crippen molar-refractivity contribution >= 4 is 6.09 Å². The van der Waals surface area contributed by atoms with Gasteiger partial charge in [0.25, 0.3) is 0 Å². The molecule has 0 aliphatic carbocycles. The van der Waals surface area contributed by atoms with Crippen LogP contribution in [0.2, 0.25) is 0 Å². The molecule has 1 saturated heterocycles. The number of ether oxygens (including phenoxy) is 2. The Bertz CT molecular complexity index is 152. The molecular weight excluding hydrogens is 158 g/mol. The highest BCUT2D eigenvalue weighted by atomic mass is 16.6. The highest BCUT2D eigenvalue weighted by Crippen LogP contribution is 2.11. The molecule has 0 atom stereocenters. The Balaban J connectivity index is 2.24. The van der Waals surface area contributed by atoms with E-state index >= 15 is 0 Å². The lowest BCUT2D eigenvalue weighted by Crippen LogP contribution is -2.31. The summed E-state index contributed by atoms with van der Waals surface area (Å²) in [5, 5.41) is 0. The third-order valence-electron chi connectivity index (χ3n) is 1.80. The number of nitrogens with zero attached hydrogens (tertiary/aromatic N) is 1. The monoisotopic (exact) mass is 173 g/mol. The van der Waals surface area contributed by atoms with Crippen molar-refractivity contribution in [1.29, 1.82) is 0 Å². The van der Waals surface area contributed by atoms with Gasteiger partial charge in [0, 0.05) is 26.9 Å². The molecule has 1 amide bonds. The predicted octanol–water partition coefficient (Wildman–Crippen LogP) is 0.864. The van der Waals surface area contributed by atoms with Crippen molar-refractivity contribution in [3.8, 4) is 0 Å². The molecule has 1 fully saturated rings. The lowest BCUT2D eigenvalue weighted by Gasteiger charge is -2.23. The van der Waals surface area contributed by atoms with Crippen molar-refractivity contribution in [3.05, 3.63) is 0 Å². The van der Waals surface area contributed by atoms with Crippen molar-refractivity contribution in [2.24, 2.45) is 0 Å². The Hall–Kier alpha value is -0.770. The predicted molar refractivity (Wildman–Crippen MR) is 44.0 cm³/mol. The Morgan fingerprint density at radius 2 is 2.00 bits per heavy atom. The van der Waals surface area contributed by atoms with Gasteiger partial charge in [-0.15, -0.1) is 0 Å². The van der Waals surface area contributed by atoms with Gasteiger partial charge < -0.3 is 14.4 Å². The molecular formula is C8H15NO3. The van der Waals surface area contributed by atoms with Crippen molar-refractivity contribution in [2.45, 2.75) is 18.9 Å². The van der Waals surface area contributed by atoms with Crippen LogP contribution in [0.5, 0.6) is 0 Å². The van der Waals surface area contributed by atoms with Crippen LogP contribution in [0.4, 0.5) is 4.79 Å². The Labute approximate surface area is 72.4 Å². The summed E-state index contributed by atoms with van der Waals surface area (Å²) < 4.78 is 10.3. The fourth-order valence-corrected chi connectivity index (χ4v) is 1.04. The smallest absolute Gasteiger partial charge is 0.409 e. The SMILES string of the molecule is CN(C)C(=O)OC1CCOCC1. The van der Waals surface area contributed by atoms with Crippen LogP contribution in [-0.2, 0) is 9.47 Å². The van der Waals surface area contributed by atoms with Gasteiger partial charge in [0.1, 0.15) is 6.10 Å². The van der Waals surface area contributed by atoms with Gasteiger partial charge >= 0.3 is 6.09 Å². The second-order valence-electron chi connectivity index (χ2n) is 3.09. The number of carbonyl (C=O) groups is 1. The minimum Gasteiger partial charge on any atom is -0.446 e. The van der Waals surface area contributed by atoms with Gasteiger partial charge in [0.2, 0.25) is 0 Å². The van der Waals surface area contributed by atoms with E-state index in [1.165, 1.54) is 4.90 Å². The van der Waals surface area contributed by atoms with Crippen LogP contribution in [0.1, 0.15) is 12.8 Å². The molecule has 12 heavy (non-hydrogen) atoms. The highest BCUT2D eigenvalue weighted by Gasteiger charge is 2.18. The second-order valence-corrected chi connectivity index (χ2v) is 3.09. The summed E-state index contributed by atoms with van der Waals surface area (Å²) in [6.07, 6.45) is 1.43. The van der Waals surface area contributed by atoms with Gasteiger partial charge in [-0.1, -0.05) is 0 Å². The maximum atomic E-state index is 11.1. The molecule has 1 aliphatic rings. The molecule has 4 nitrogen and oxygen atoms in total. The lowest BCUT2D eigenvalue weighted by molar-refractivity contribution is -0.00624. The zero-order valence-electron chi connectivity index (χ0n) is 7.58. The third kappa shape index (κ3) is 2.70. The van der Waals surface area contributed by atoms with Crippen LogP contribution in [0.3, 0.4) is 0 Å². The Morgan fingerprint density at radius 3 is 2.50 bits per heavy atom. The van der Waals surface area contributed by atoms with Gasteiger partial charge in [0.15, 0.2) is 0 Å². The van der Waals surface area contributed by atoms with Gasteiger partial charge in [-0.3, -0.25) is 0 Å². The maximum Gasteiger partial charge on any atom is 0.409 e. The molecule has 70 valence electrons. The zero-order chi connectivity index (χ0) is 8.97. The van der Waals surface area contributed by atoms with Crippen LogP contribution < -0.4 is 0 Å². The second kappa shape index (κ2) is 4.30. The topological polar surface area (TPSA) is 38.8 Å². The van der Waals surface area contributed by atoms with Crippen molar-refractivity contribution in [3.63, 3.8) is 0 Å². The standard InChI is InChI=1S/C8H15NO3/c1-9(2)8(10)12-7-3-5-11-6-4-7/h7H,3-6H2,1-2H3. The van der Waals surface area contributed by atoms with E-state index in [-0.39, 0.29) is 12.2 Å². The van der Waals surface area contributed by atoms with E-state index < -0.39 is 0 Å². The van der Waals surface area contributed by atoms with Crippen LogP contribution in [0.25, 0.3) is 0 Å². The molecule has 1 aliphatic heterocycles. The van der Waals surface area contributed by atoms with E-state index in [0.29, 0.717) is 13.2 Å². The lowest BCUT2D eigenvalue weighted by atomic mass is 10.2. The number of hydrogen-bond acceptors (Lipinski definition) is 3. The fourth-order valence-electron chi connectivity index (χ4n) is 1.04. The zero-order valence-corrected chi connectivity index (χ0v) is 7.58. The molecule has 0 N–H and O–H groups in total. The van der Waals surface area contributed by atoms with Crippen LogP contribution in [0, 0.1) is 0 Å². The summed E-state index contributed by atoms with van der Waals surface area (Å²) in [4.78, 5) is 12.5. The van der Waals surface area contributed by atoms with Gasteiger partial charge in [-0.25, -0.2) is 4.79 Å². The molecule has 0 unspecified atom stereocenters. The van der Waals surface area contributed by atoms with Crippen LogP contribution >= 0.6 is 0 Å². The first-order valence-corrected chi connectivity index (χ1v) is 4.16. The van der Waals surface area contributed by atoms with Gasteiger partial charge in [-0.2, -0.15) is 0 Å². The average molecular weight is 173 g/mol. The average Bonchev–Trinajstić information content (AvgIpc) is 2.06. The summed E-state index contributed by atoms with van der Waals surface area (Å²) in [7, 11) is 3.36. The fraction of sp³-hybridized carbons (Fsp3) is 0.875. The van der Waals surface area contributed by atoms with Gasteiger partial charge in [0.05, 0.1) is 13.2 Å². The van der Waals surface area contributed by atoms with Crippen molar-refractivity contribution in [1.82, 2.24) is 4.90 Å². The van der Waals surface area contributed by atoms with E-state index in [1.807, 2.05) is 0 Å². The third-order valence-corrected chi connectivity index (χ3v) is 1.80. The number of carbonyl (C=O) groups excluding carboxylic acids is 1. The number of amides is 1. The molecule has 0 aromatic carbocycles. The largest absolute Gasteiger partial charge is 0.446 e. The van der Waals surface area contributed by atoms with E-state index in [4.69, 9.17) is 9.47 Å². The molecule has 4 heteroatoms. The van der Waals surface area contributed by atoms with Crippen LogP contribution in [0.15, 0.2) is 0 Å². The van der Waals surface area contributed by atoms with Crippen molar-refractivity contribution in [2.75, 3.05) is 27.3 Å². The summed E-state index contributed by atoms with van der Waals surface area (Å²) in [6, 6.07) is 0. The molecule has 0 saturated carbocycles. The first-order chi connectivity index (χ1) is 5.70. The quantitative estimate of drug-likeness (QED) is 0.590. The summed E-state index contributed by atoms with van der Waals surface area (Å²) in [5.41, 5.74) is 0. The molecule has 0 radical (unpaired) electrons. The summed E-state index contributed by atoms with van der Waals surface area (Å²) >= 11 is 0. The number of hydrogen-bond donors (Lipinski definition) is 0.